The molecule has 0 saturated heterocycles. The monoisotopic (exact) mass is 435 g/mol. The topological polar surface area (TPSA) is 96.0 Å². The van der Waals surface area contributed by atoms with Crippen molar-refractivity contribution in [1.29, 1.82) is 5.26 Å². The molecule has 1 N–H and O–H groups in total. The molecule has 2 aromatic carbocycles. The van der Waals surface area contributed by atoms with Gasteiger partial charge in [0.25, 0.3) is 5.56 Å². The van der Waals surface area contributed by atoms with E-state index in [0.29, 0.717) is 5.69 Å². The summed E-state index contributed by atoms with van der Waals surface area (Å²) in [5.41, 5.74) is 0.610. The first-order valence-corrected chi connectivity index (χ1v) is 9.02. The molecule has 28 heavy (non-hydrogen) atoms. The summed E-state index contributed by atoms with van der Waals surface area (Å²) >= 11 is 3.34. The Morgan fingerprint density at radius 2 is 1.86 bits per heavy atom. The van der Waals surface area contributed by atoms with Gasteiger partial charge < -0.3 is 5.11 Å². The van der Waals surface area contributed by atoms with Crippen LogP contribution in [0.2, 0.25) is 0 Å². The van der Waals surface area contributed by atoms with Gasteiger partial charge in [0.05, 0.1) is 5.69 Å². The van der Waals surface area contributed by atoms with Gasteiger partial charge in [-0.15, -0.1) is 0 Å². The van der Waals surface area contributed by atoms with Crippen molar-refractivity contribution < 1.29 is 9.90 Å². The van der Waals surface area contributed by atoms with E-state index in [4.69, 9.17) is 0 Å². The Balaban J connectivity index is 2.23. The number of hydrogen-bond donors (Lipinski definition) is 1. The van der Waals surface area contributed by atoms with Gasteiger partial charge in [-0.05, 0) is 36.2 Å². The smallest absolute Gasteiger partial charge is 0.357 e. The van der Waals surface area contributed by atoms with E-state index in [1.807, 2.05) is 30.3 Å². The summed E-state index contributed by atoms with van der Waals surface area (Å²) in [5, 5.41) is 23.2. The van der Waals surface area contributed by atoms with Gasteiger partial charge in [-0.3, -0.25) is 4.79 Å². The molecule has 3 aromatic rings. The van der Waals surface area contributed by atoms with E-state index in [1.165, 1.54) is 6.08 Å². The van der Waals surface area contributed by atoms with Crippen LogP contribution in [0.3, 0.4) is 0 Å². The Morgan fingerprint density at radius 3 is 2.46 bits per heavy atom. The number of carboxylic acids is 1. The number of nitrogens with zero attached hydrogens (tertiary/aromatic N) is 3. The summed E-state index contributed by atoms with van der Waals surface area (Å²) in [4.78, 5) is 24.6. The zero-order chi connectivity index (χ0) is 20.3. The molecular weight excluding hydrogens is 422 g/mol. The SMILES string of the molecule is Cc1ccccc1-n1nc(C(=O)O)c(/C=C\c2ccc(Br)cc2)c(C#N)c1=O. The number of halogens is 1. The molecule has 0 aliphatic carbocycles. The summed E-state index contributed by atoms with van der Waals surface area (Å²) in [7, 11) is 0. The Bertz CT molecular complexity index is 1190. The molecular formula is C21H14BrN3O3. The van der Waals surface area contributed by atoms with Gasteiger partial charge in [-0.25, -0.2) is 4.79 Å². The molecule has 0 aliphatic rings. The van der Waals surface area contributed by atoms with Crippen LogP contribution in [0.4, 0.5) is 0 Å². The quantitative estimate of drug-likeness (QED) is 0.666. The molecule has 0 spiro atoms. The van der Waals surface area contributed by atoms with Crippen LogP contribution in [-0.4, -0.2) is 20.9 Å². The van der Waals surface area contributed by atoms with Gasteiger partial charge in [0.2, 0.25) is 0 Å². The van der Waals surface area contributed by atoms with Gasteiger partial charge in [-0.2, -0.15) is 15.0 Å². The summed E-state index contributed by atoms with van der Waals surface area (Å²) in [6, 6.07) is 16.1. The van der Waals surface area contributed by atoms with Gasteiger partial charge in [0, 0.05) is 10.0 Å². The maximum absolute atomic E-state index is 12.8. The lowest BCUT2D eigenvalue weighted by Crippen LogP contribution is -2.28. The number of aryl methyl sites for hydroxylation is 1. The fourth-order valence-electron chi connectivity index (χ4n) is 2.68. The molecule has 7 heteroatoms. The summed E-state index contributed by atoms with van der Waals surface area (Å²) in [5.74, 6) is -1.32. The largest absolute Gasteiger partial charge is 0.476 e. The molecule has 0 fully saturated rings. The molecule has 1 heterocycles. The number of rotatable bonds is 4. The average molecular weight is 436 g/mol. The predicted molar refractivity (Wildman–Crippen MR) is 109 cm³/mol. The zero-order valence-corrected chi connectivity index (χ0v) is 16.3. The Labute approximate surface area is 169 Å². The molecule has 0 amide bonds. The molecule has 0 unspecified atom stereocenters. The predicted octanol–water partition coefficient (Wildman–Crippen LogP) is 4.04. The Hall–Kier alpha value is -3.50. The van der Waals surface area contributed by atoms with Crippen molar-refractivity contribution in [2.45, 2.75) is 6.92 Å². The van der Waals surface area contributed by atoms with Crippen LogP contribution in [0.25, 0.3) is 17.8 Å². The normalized spacial score (nSPS) is 10.8. The van der Waals surface area contributed by atoms with Crippen LogP contribution in [0.1, 0.15) is 32.7 Å². The fourth-order valence-corrected chi connectivity index (χ4v) is 2.95. The van der Waals surface area contributed by atoms with E-state index in [-0.39, 0.29) is 16.8 Å². The number of carboxylic acid groups (broad SMARTS) is 1. The standard InChI is InChI=1S/C21H14BrN3O3/c1-13-4-2-3-5-18(13)25-20(26)17(12-23)16(19(24-25)21(27)28)11-8-14-6-9-15(22)10-7-14/h2-11H,1H3,(H,27,28)/b11-8-. The first kappa shape index (κ1) is 19.3. The summed E-state index contributed by atoms with van der Waals surface area (Å²) in [6.45, 7) is 1.78. The molecule has 0 atom stereocenters. The lowest BCUT2D eigenvalue weighted by Gasteiger charge is -2.11. The van der Waals surface area contributed by atoms with Crippen LogP contribution in [0.5, 0.6) is 0 Å². The van der Waals surface area contributed by atoms with Crippen LogP contribution >= 0.6 is 15.9 Å². The van der Waals surface area contributed by atoms with Crippen LogP contribution in [0, 0.1) is 18.3 Å². The van der Waals surface area contributed by atoms with Crippen molar-refractivity contribution in [3.05, 3.63) is 91.3 Å². The molecule has 0 radical (unpaired) electrons. The van der Waals surface area contributed by atoms with Gasteiger partial charge in [-0.1, -0.05) is 58.4 Å². The second kappa shape index (κ2) is 8.03. The zero-order valence-electron chi connectivity index (χ0n) is 14.8. The molecule has 0 saturated carbocycles. The van der Waals surface area contributed by atoms with Gasteiger partial charge in [0.1, 0.15) is 11.6 Å². The third-order valence-electron chi connectivity index (χ3n) is 4.10. The van der Waals surface area contributed by atoms with E-state index < -0.39 is 11.5 Å². The van der Waals surface area contributed by atoms with Crippen molar-refractivity contribution in [2.75, 3.05) is 0 Å². The number of hydrogen-bond acceptors (Lipinski definition) is 4. The fraction of sp³-hybridized carbons (Fsp3) is 0.0476. The van der Waals surface area contributed by atoms with Crippen molar-refractivity contribution in [1.82, 2.24) is 9.78 Å². The highest BCUT2D eigenvalue weighted by atomic mass is 79.9. The highest BCUT2D eigenvalue weighted by Gasteiger charge is 2.21. The van der Waals surface area contributed by atoms with Crippen LogP contribution in [-0.2, 0) is 0 Å². The molecule has 3 rings (SSSR count). The second-order valence-electron chi connectivity index (χ2n) is 5.94. The van der Waals surface area contributed by atoms with Crippen LogP contribution in [0.15, 0.2) is 57.8 Å². The van der Waals surface area contributed by atoms with Gasteiger partial charge >= 0.3 is 5.97 Å². The van der Waals surface area contributed by atoms with E-state index in [9.17, 15) is 20.0 Å². The number of aromatic carboxylic acids is 1. The van der Waals surface area contributed by atoms with E-state index in [1.54, 1.807) is 37.3 Å². The lowest BCUT2D eigenvalue weighted by atomic mass is 10.1. The van der Waals surface area contributed by atoms with Crippen molar-refractivity contribution in [3.63, 3.8) is 0 Å². The van der Waals surface area contributed by atoms with Crippen molar-refractivity contribution >= 4 is 34.1 Å². The summed E-state index contributed by atoms with van der Waals surface area (Å²) < 4.78 is 1.87. The molecule has 6 nitrogen and oxygen atoms in total. The van der Waals surface area contributed by atoms with Gasteiger partial charge in [0.15, 0.2) is 5.69 Å². The number of benzene rings is 2. The number of aromatic nitrogens is 2. The third-order valence-corrected chi connectivity index (χ3v) is 4.63. The molecule has 0 bridgehead atoms. The average Bonchev–Trinajstić information content (AvgIpc) is 2.68. The van der Waals surface area contributed by atoms with E-state index in [2.05, 4.69) is 21.0 Å². The third kappa shape index (κ3) is 3.77. The lowest BCUT2D eigenvalue weighted by molar-refractivity contribution is 0.0688. The second-order valence-corrected chi connectivity index (χ2v) is 6.86. The highest BCUT2D eigenvalue weighted by molar-refractivity contribution is 9.10. The van der Waals surface area contributed by atoms with Crippen molar-refractivity contribution in [2.24, 2.45) is 0 Å². The van der Waals surface area contributed by atoms with E-state index in [0.717, 1.165) is 20.3 Å². The Kier molecular flexibility index (Phi) is 5.52. The van der Waals surface area contributed by atoms with Crippen molar-refractivity contribution in [3.8, 4) is 11.8 Å². The highest BCUT2D eigenvalue weighted by Crippen LogP contribution is 2.18. The molecule has 138 valence electrons. The van der Waals surface area contributed by atoms with Crippen LogP contribution < -0.4 is 5.56 Å². The van der Waals surface area contributed by atoms with E-state index >= 15 is 0 Å². The number of nitriles is 1. The first-order chi connectivity index (χ1) is 13.4. The molecule has 1 aromatic heterocycles. The molecule has 0 aliphatic heterocycles. The number of carbonyl (C=O) groups is 1. The number of para-hydroxylation sites is 1. The summed E-state index contributed by atoms with van der Waals surface area (Å²) in [6.07, 6.45) is 3.07. The maximum Gasteiger partial charge on any atom is 0.357 e. The minimum absolute atomic E-state index is 0.0206. The Morgan fingerprint density at radius 1 is 1.18 bits per heavy atom. The minimum atomic E-state index is -1.32. The first-order valence-electron chi connectivity index (χ1n) is 8.22. The minimum Gasteiger partial charge on any atom is -0.476 e. The maximum atomic E-state index is 12.8.